The second kappa shape index (κ2) is 10.1. The lowest BCUT2D eigenvalue weighted by atomic mass is 10.2. The van der Waals surface area contributed by atoms with E-state index >= 15 is 0 Å². The van der Waals surface area contributed by atoms with Crippen molar-refractivity contribution in [1.82, 2.24) is 9.99 Å². The van der Waals surface area contributed by atoms with Gasteiger partial charge < -0.3 is 14.6 Å². The van der Waals surface area contributed by atoms with Gasteiger partial charge in [-0.2, -0.15) is 5.10 Å². The molecule has 0 fully saturated rings. The van der Waals surface area contributed by atoms with Gasteiger partial charge in [0.2, 0.25) is 0 Å². The molecule has 0 atom stereocenters. The van der Waals surface area contributed by atoms with E-state index in [1.165, 1.54) is 19.4 Å². The van der Waals surface area contributed by atoms with Crippen molar-refractivity contribution in [1.29, 1.82) is 0 Å². The predicted molar refractivity (Wildman–Crippen MR) is 128 cm³/mol. The number of ether oxygens (including phenoxy) is 1. The number of aromatic nitrogens is 1. The fourth-order valence-electron chi connectivity index (χ4n) is 3.11. The maximum Gasteiger partial charge on any atom is 0.329 e. The smallest absolute Gasteiger partial charge is 0.329 e. The van der Waals surface area contributed by atoms with Gasteiger partial charge in [-0.25, -0.2) is 5.43 Å². The van der Waals surface area contributed by atoms with Crippen molar-refractivity contribution in [3.05, 3.63) is 74.5 Å². The standard InChI is InChI=1S/C22H19Cl3N4O3/c1-12-8-14(13(2)29(12)19-10-16(24)4-6-17(19)25)11-26-28-22(31)21(30)27-18-9-15(23)5-7-20(18)32-3/h4-11H,1-3H3,(H,27,30)(H,28,31)/b26-11-. The highest BCUT2D eigenvalue weighted by atomic mass is 35.5. The summed E-state index contributed by atoms with van der Waals surface area (Å²) in [7, 11) is 1.44. The highest BCUT2D eigenvalue weighted by Gasteiger charge is 2.16. The maximum atomic E-state index is 12.2. The van der Waals surface area contributed by atoms with Crippen LogP contribution in [-0.4, -0.2) is 29.7 Å². The van der Waals surface area contributed by atoms with E-state index in [1.807, 2.05) is 24.5 Å². The third kappa shape index (κ3) is 5.24. The van der Waals surface area contributed by atoms with Gasteiger partial charge in [0, 0.05) is 27.0 Å². The van der Waals surface area contributed by atoms with Crippen LogP contribution in [0.15, 0.2) is 47.6 Å². The minimum atomic E-state index is -0.949. The summed E-state index contributed by atoms with van der Waals surface area (Å²) in [6.45, 7) is 3.79. The predicted octanol–water partition coefficient (Wildman–Crippen LogP) is 5.15. The van der Waals surface area contributed by atoms with Crippen LogP contribution in [-0.2, 0) is 9.59 Å². The minimum absolute atomic E-state index is 0.270. The van der Waals surface area contributed by atoms with Crippen LogP contribution in [0.25, 0.3) is 5.69 Å². The molecular formula is C22H19Cl3N4O3. The molecule has 1 aromatic heterocycles. The molecule has 2 N–H and O–H groups in total. The van der Waals surface area contributed by atoms with E-state index in [9.17, 15) is 9.59 Å². The van der Waals surface area contributed by atoms with Crippen molar-refractivity contribution < 1.29 is 14.3 Å². The Bertz CT molecular complexity index is 1220. The van der Waals surface area contributed by atoms with Gasteiger partial charge in [-0.15, -0.1) is 0 Å². The first-order valence-corrected chi connectivity index (χ1v) is 10.5. The third-order valence-corrected chi connectivity index (χ3v) is 5.39. The van der Waals surface area contributed by atoms with Crippen molar-refractivity contribution >= 4 is 58.5 Å². The maximum absolute atomic E-state index is 12.2. The van der Waals surface area contributed by atoms with Crippen molar-refractivity contribution in [2.45, 2.75) is 13.8 Å². The van der Waals surface area contributed by atoms with Crippen LogP contribution < -0.4 is 15.5 Å². The number of benzene rings is 2. The largest absolute Gasteiger partial charge is 0.495 e. The van der Waals surface area contributed by atoms with E-state index in [0.29, 0.717) is 20.8 Å². The SMILES string of the molecule is COc1ccc(Cl)cc1NC(=O)C(=O)N/N=C\c1cc(C)n(-c2cc(Cl)ccc2Cl)c1C. The van der Waals surface area contributed by atoms with Crippen molar-refractivity contribution in [2.75, 3.05) is 12.4 Å². The molecule has 0 bridgehead atoms. The van der Waals surface area contributed by atoms with Gasteiger partial charge in [0.25, 0.3) is 0 Å². The van der Waals surface area contributed by atoms with Crippen molar-refractivity contribution in [3.63, 3.8) is 0 Å². The number of amides is 2. The number of hydrogen-bond donors (Lipinski definition) is 2. The first-order valence-electron chi connectivity index (χ1n) is 9.33. The summed E-state index contributed by atoms with van der Waals surface area (Å²) in [5.74, 6) is -1.50. The van der Waals surface area contributed by atoms with Gasteiger partial charge in [-0.1, -0.05) is 34.8 Å². The fraction of sp³-hybridized carbons (Fsp3) is 0.136. The van der Waals surface area contributed by atoms with Crippen LogP contribution in [0, 0.1) is 13.8 Å². The normalized spacial score (nSPS) is 10.9. The molecule has 0 saturated heterocycles. The van der Waals surface area contributed by atoms with E-state index < -0.39 is 11.8 Å². The number of halogens is 3. The molecule has 0 spiro atoms. The van der Waals surface area contributed by atoms with Crippen molar-refractivity contribution in [2.24, 2.45) is 5.10 Å². The summed E-state index contributed by atoms with van der Waals surface area (Å²) in [6.07, 6.45) is 1.45. The van der Waals surface area contributed by atoms with Crippen LogP contribution >= 0.6 is 34.8 Å². The number of hydrazone groups is 1. The number of anilines is 1. The zero-order chi connectivity index (χ0) is 23.4. The Morgan fingerprint density at radius 2 is 1.69 bits per heavy atom. The number of hydrogen-bond acceptors (Lipinski definition) is 4. The van der Waals surface area contributed by atoms with Gasteiger partial charge in [0.05, 0.1) is 29.7 Å². The Kier molecular flexibility index (Phi) is 7.45. The summed E-state index contributed by atoms with van der Waals surface area (Å²) in [5, 5.41) is 7.82. The molecule has 0 aliphatic heterocycles. The zero-order valence-electron chi connectivity index (χ0n) is 17.4. The van der Waals surface area contributed by atoms with E-state index in [1.54, 1.807) is 30.3 Å². The molecular weight excluding hydrogens is 475 g/mol. The number of carbonyl (C=O) groups is 2. The second-order valence-electron chi connectivity index (χ2n) is 6.76. The van der Waals surface area contributed by atoms with E-state index in [4.69, 9.17) is 39.5 Å². The number of rotatable bonds is 5. The molecule has 1 heterocycles. The number of nitrogens with one attached hydrogen (secondary N) is 2. The molecule has 32 heavy (non-hydrogen) atoms. The van der Waals surface area contributed by atoms with Crippen LogP contribution in [0.5, 0.6) is 5.75 Å². The Morgan fingerprint density at radius 1 is 1.00 bits per heavy atom. The zero-order valence-corrected chi connectivity index (χ0v) is 19.6. The van der Waals surface area contributed by atoms with Gasteiger partial charge in [0.1, 0.15) is 5.75 Å². The molecule has 0 radical (unpaired) electrons. The van der Waals surface area contributed by atoms with Crippen LogP contribution in [0.1, 0.15) is 17.0 Å². The van der Waals surface area contributed by atoms with E-state index in [2.05, 4.69) is 15.8 Å². The quantitative estimate of drug-likeness (QED) is 0.293. The van der Waals surface area contributed by atoms with E-state index in [-0.39, 0.29) is 5.69 Å². The number of methoxy groups -OCH3 is 1. The molecule has 0 aliphatic carbocycles. The minimum Gasteiger partial charge on any atom is -0.495 e. The summed E-state index contributed by atoms with van der Waals surface area (Å²) < 4.78 is 7.07. The number of nitrogens with zero attached hydrogens (tertiary/aromatic N) is 2. The van der Waals surface area contributed by atoms with Crippen LogP contribution in [0.4, 0.5) is 5.69 Å². The molecule has 7 nitrogen and oxygen atoms in total. The fourth-order valence-corrected chi connectivity index (χ4v) is 3.65. The molecule has 2 amide bonds. The molecule has 0 unspecified atom stereocenters. The first-order chi connectivity index (χ1) is 15.2. The third-order valence-electron chi connectivity index (χ3n) is 4.61. The Balaban J connectivity index is 1.72. The lowest BCUT2D eigenvalue weighted by Crippen LogP contribution is -2.32. The molecule has 0 saturated carbocycles. The Labute approximate surface area is 199 Å². The van der Waals surface area contributed by atoms with Crippen LogP contribution in [0.3, 0.4) is 0 Å². The Hall–Kier alpha value is -3.00. The summed E-state index contributed by atoms with van der Waals surface area (Å²) in [6, 6.07) is 11.7. The number of aryl methyl sites for hydroxylation is 1. The molecule has 10 heteroatoms. The molecule has 2 aromatic carbocycles. The number of carbonyl (C=O) groups excluding carboxylic acids is 2. The average molecular weight is 494 g/mol. The lowest BCUT2D eigenvalue weighted by Gasteiger charge is -2.12. The van der Waals surface area contributed by atoms with Crippen molar-refractivity contribution in [3.8, 4) is 11.4 Å². The van der Waals surface area contributed by atoms with E-state index in [0.717, 1.165) is 22.6 Å². The monoisotopic (exact) mass is 492 g/mol. The van der Waals surface area contributed by atoms with Gasteiger partial charge in [0.15, 0.2) is 0 Å². The lowest BCUT2D eigenvalue weighted by molar-refractivity contribution is -0.136. The Morgan fingerprint density at radius 3 is 2.41 bits per heavy atom. The average Bonchev–Trinajstić information content (AvgIpc) is 3.03. The topological polar surface area (TPSA) is 84.7 Å². The summed E-state index contributed by atoms with van der Waals surface area (Å²) in [5.41, 5.74) is 5.66. The van der Waals surface area contributed by atoms with Crippen LogP contribution in [0.2, 0.25) is 15.1 Å². The summed E-state index contributed by atoms with van der Waals surface area (Å²) in [4.78, 5) is 24.3. The highest BCUT2D eigenvalue weighted by molar-refractivity contribution is 6.40. The van der Waals surface area contributed by atoms with Gasteiger partial charge in [-0.3, -0.25) is 9.59 Å². The molecule has 3 rings (SSSR count). The first kappa shape index (κ1) is 23.7. The second-order valence-corrected chi connectivity index (χ2v) is 8.04. The van der Waals surface area contributed by atoms with Gasteiger partial charge in [-0.05, 0) is 56.3 Å². The molecule has 0 aliphatic rings. The van der Waals surface area contributed by atoms with Gasteiger partial charge >= 0.3 is 11.8 Å². The summed E-state index contributed by atoms with van der Waals surface area (Å²) >= 11 is 18.4. The highest BCUT2D eigenvalue weighted by Crippen LogP contribution is 2.29. The molecule has 166 valence electrons. The molecule has 3 aromatic rings.